The van der Waals surface area contributed by atoms with Gasteiger partial charge >= 0.3 is 0 Å². The molecule has 0 radical (unpaired) electrons. The topological polar surface area (TPSA) is 16.4 Å². The number of rotatable bonds is 6. The van der Waals surface area contributed by atoms with E-state index in [2.05, 4.69) is 217 Å². The summed E-state index contributed by atoms with van der Waals surface area (Å²) in [4.78, 5) is 2.45. The maximum Gasteiger partial charge on any atom is 0.145 e. The summed E-state index contributed by atoms with van der Waals surface area (Å²) in [6, 6.07) is 76.8. The number of thiophene rings is 1. The summed E-state index contributed by atoms with van der Waals surface area (Å²) in [5.41, 5.74) is 12.1. The Hall–Kier alpha value is -7.46. The molecular formula is C56H35NOS. The lowest BCUT2D eigenvalue weighted by molar-refractivity contribution is 0.670. The van der Waals surface area contributed by atoms with E-state index in [1.807, 2.05) is 11.3 Å². The lowest BCUT2D eigenvalue weighted by Crippen LogP contribution is -2.10. The summed E-state index contributed by atoms with van der Waals surface area (Å²) >= 11 is 1.85. The summed E-state index contributed by atoms with van der Waals surface area (Å²) in [5.74, 6) is 0. The van der Waals surface area contributed by atoms with Gasteiger partial charge in [-0.25, -0.2) is 0 Å². The third-order valence-electron chi connectivity index (χ3n) is 11.9. The molecule has 0 saturated carbocycles. The van der Waals surface area contributed by atoms with Crippen LogP contribution in [-0.2, 0) is 0 Å². The Morgan fingerprint density at radius 2 is 0.966 bits per heavy atom. The molecular weight excluding hydrogens is 735 g/mol. The van der Waals surface area contributed by atoms with Crippen LogP contribution in [0.25, 0.3) is 97.0 Å². The summed E-state index contributed by atoms with van der Waals surface area (Å²) in [6.07, 6.45) is 0. The molecule has 12 aromatic rings. The van der Waals surface area contributed by atoms with Crippen molar-refractivity contribution in [3.8, 4) is 33.4 Å². The Bertz CT molecular complexity index is 3540. The van der Waals surface area contributed by atoms with E-state index in [0.29, 0.717) is 0 Å². The van der Waals surface area contributed by atoms with E-state index in [1.54, 1.807) is 0 Å². The van der Waals surface area contributed by atoms with Crippen molar-refractivity contribution < 1.29 is 4.42 Å². The monoisotopic (exact) mass is 769 g/mol. The Labute approximate surface area is 345 Å². The molecule has 0 N–H and O–H groups in total. The number of benzene rings is 10. The van der Waals surface area contributed by atoms with Gasteiger partial charge in [-0.2, -0.15) is 0 Å². The van der Waals surface area contributed by atoms with Crippen LogP contribution < -0.4 is 4.90 Å². The fourth-order valence-corrected chi connectivity index (χ4v) is 10.3. The van der Waals surface area contributed by atoms with Crippen molar-refractivity contribution in [2.24, 2.45) is 0 Å². The van der Waals surface area contributed by atoms with Crippen LogP contribution in [0.3, 0.4) is 0 Å². The van der Waals surface area contributed by atoms with Crippen LogP contribution in [0.4, 0.5) is 17.1 Å². The molecule has 0 unspecified atom stereocenters. The molecule has 0 aliphatic heterocycles. The lowest BCUT2D eigenvalue weighted by atomic mass is 9.92. The van der Waals surface area contributed by atoms with E-state index in [1.165, 1.54) is 64.0 Å². The molecule has 0 saturated heterocycles. The van der Waals surface area contributed by atoms with E-state index < -0.39 is 0 Å². The predicted octanol–water partition coefficient (Wildman–Crippen LogP) is 16.7. The molecule has 10 aromatic carbocycles. The maximum atomic E-state index is 6.99. The first-order valence-electron chi connectivity index (χ1n) is 20.1. The summed E-state index contributed by atoms with van der Waals surface area (Å²) in [7, 11) is 0. The molecule has 2 nitrogen and oxygen atoms in total. The molecule has 0 spiro atoms. The minimum absolute atomic E-state index is 0.871. The van der Waals surface area contributed by atoms with Crippen molar-refractivity contribution in [2.45, 2.75) is 0 Å². The van der Waals surface area contributed by atoms with Gasteiger partial charge in [0.15, 0.2) is 0 Å². The van der Waals surface area contributed by atoms with Crippen LogP contribution in [0.2, 0.25) is 0 Å². The van der Waals surface area contributed by atoms with Gasteiger partial charge in [-0.3, -0.25) is 0 Å². The SMILES string of the molecule is c1ccc(-c2ccc(-c3ccc(N(c4cccc5c4sc4ccccc45)c4ccc(-c5cc6ccccc6c6ccccc56)c5oc6ccccc6c45)cc3)cc2)cc1. The number of para-hydroxylation sites is 1. The molecule has 0 atom stereocenters. The van der Waals surface area contributed by atoms with Gasteiger partial charge in [-0.15, -0.1) is 11.3 Å². The van der Waals surface area contributed by atoms with Gasteiger partial charge in [0.25, 0.3) is 0 Å². The number of hydrogen-bond donors (Lipinski definition) is 0. The zero-order valence-electron chi connectivity index (χ0n) is 32.0. The van der Waals surface area contributed by atoms with Gasteiger partial charge in [0.1, 0.15) is 11.2 Å². The fourth-order valence-electron chi connectivity index (χ4n) is 9.09. The first kappa shape index (κ1) is 33.7. The molecule has 0 aliphatic carbocycles. The van der Waals surface area contributed by atoms with Crippen molar-refractivity contribution in [1.82, 2.24) is 0 Å². The zero-order chi connectivity index (χ0) is 38.9. The van der Waals surface area contributed by atoms with E-state index in [-0.39, 0.29) is 0 Å². The smallest absolute Gasteiger partial charge is 0.145 e. The third-order valence-corrected chi connectivity index (χ3v) is 13.1. The Morgan fingerprint density at radius 3 is 1.75 bits per heavy atom. The highest BCUT2D eigenvalue weighted by Crippen LogP contribution is 2.50. The maximum absolute atomic E-state index is 6.99. The quantitative estimate of drug-likeness (QED) is 0.157. The van der Waals surface area contributed by atoms with Gasteiger partial charge in [0, 0.05) is 32.1 Å². The van der Waals surface area contributed by atoms with Gasteiger partial charge in [0.05, 0.1) is 21.5 Å². The molecule has 276 valence electrons. The highest BCUT2D eigenvalue weighted by atomic mass is 32.1. The Kier molecular flexibility index (Phi) is 7.75. The number of fused-ring (bicyclic) bond motifs is 9. The molecule has 0 aliphatic rings. The first-order chi connectivity index (χ1) is 29.3. The van der Waals surface area contributed by atoms with E-state index in [9.17, 15) is 0 Å². The second-order valence-electron chi connectivity index (χ2n) is 15.2. The Balaban J connectivity index is 1.09. The van der Waals surface area contributed by atoms with Gasteiger partial charge in [-0.05, 0) is 97.9 Å². The number of hydrogen-bond acceptors (Lipinski definition) is 3. The van der Waals surface area contributed by atoms with Crippen LogP contribution in [0, 0.1) is 0 Å². The largest absolute Gasteiger partial charge is 0.455 e. The minimum atomic E-state index is 0.871. The van der Waals surface area contributed by atoms with Gasteiger partial charge < -0.3 is 9.32 Å². The average molecular weight is 770 g/mol. The molecule has 2 aromatic heterocycles. The average Bonchev–Trinajstić information content (AvgIpc) is 3.90. The Morgan fingerprint density at radius 1 is 0.373 bits per heavy atom. The summed E-state index contributed by atoms with van der Waals surface area (Å²) in [6.45, 7) is 0. The van der Waals surface area contributed by atoms with Crippen molar-refractivity contribution >= 4 is 92.1 Å². The molecule has 0 bridgehead atoms. The highest BCUT2D eigenvalue weighted by molar-refractivity contribution is 7.26. The van der Waals surface area contributed by atoms with E-state index >= 15 is 0 Å². The van der Waals surface area contributed by atoms with Crippen molar-refractivity contribution in [3.05, 3.63) is 212 Å². The molecule has 12 rings (SSSR count). The normalized spacial score (nSPS) is 11.7. The number of nitrogens with zero attached hydrogens (tertiary/aromatic N) is 1. The summed E-state index contributed by atoms with van der Waals surface area (Å²) in [5, 5.41) is 9.63. The second-order valence-corrected chi connectivity index (χ2v) is 16.3. The van der Waals surface area contributed by atoms with E-state index in [4.69, 9.17) is 4.42 Å². The van der Waals surface area contributed by atoms with Crippen LogP contribution >= 0.6 is 11.3 Å². The van der Waals surface area contributed by atoms with Crippen molar-refractivity contribution in [1.29, 1.82) is 0 Å². The van der Waals surface area contributed by atoms with Crippen LogP contribution in [0.15, 0.2) is 217 Å². The predicted molar refractivity (Wildman–Crippen MR) is 253 cm³/mol. The summed E-state index contributed by atoms with van der Waals surface area (Å²) < 4.78 is 9.52. The second kappa shape index (κ2) is 13.6. The lowest BCUT2D eigenvalue weighted by Gasteiger charge is -2.27. The van der Waals surface area contributed by atoms with Gasteiger partial charge in [0.2, 0.25) is 0 Å². The minimum Gasteiger partial charge on any atom is -0.455 e. The van der Waals surface area contributed by atoms with Crippen LogP contribution in [0.5, 0.6) is 0 Å². The molecule has 3 heteroatoms. The van der Waals surface area contributed by atoms with Crippen LogP contribution in [-0.4, -0.2) is 0 Å². The van der Waals surface area contributed by atoms with Crippen molar-refractivity contribution in [2.75, 3.05) is 4.90 Å². The van der Waals surface area contributed by atoms with E-state index in [0.717, 1.165) is 50.1 Å². The molecule has 0 amide bonds. The highest BCUT2D eigenvalue weighted by Gasteiger charge is 2.25. The third kappa shape index (κ3) is 5.47. The van der Waals surface area contributed by atoms with Crippen molar-refractivity contribution in [3.63, 3.8) is 0 Å². The molecule has 2 heterocycles. The van der Waals surface area contributed by atoms with Gasteiger partial charge in [-0.1, -0.05) is 164 Å². The number of anilines is 3. The standard InChI is InChI=1S/C56H35NOS/c1-2-13-36(14-3-1)37-25-27-38(28-26-37)39-29-31-41(32-30-39)57(51-22-12-21-47-45-19-9-11-24-53(45)59-56(47)51)50-34-33-46(55-54(50)48-20-8-10-23-52(48)58-55)49-35-40-15-4-5-16-42(40)43-17-6-7-18-44(43)49/h1-35H. The molecule has 59 heavy (non-hydrogen) atoms. The fraction of sp³-hybridized carbons (Fsp3) is 0. The first-order valence-corrected chi connectivity index (χ1v) is 20.9. The number of furan rings is 1. The van der Waals surface area contributed by atoms with Crippen LogP contribution in [0.1, 0.15) is 0 Å². The zero-order valence-corrected chi connectivity index (χ0v) is 32.8. The molecule has 0 fully saturated rings.